The van der Waals surface area contributed by atoms with Crippen LogP contribution in [-0.4, -0.2) is 31.0 Å². The number of nitrogens with one attached hydrogen (secondary N) is 1. The summed E-state index contributed by atoms with van der Waals surface area (Å²) in [6, 6.07) is 16.0. The first kappa shape index (κ1) is 23.1. The molecule has 0 spiro atoms. The third-order valence-electron chi connectivity index (χ3n) is 5.65. The first-order valence-electron chi connectivity index (χ1n) is 10.5. The van der Waals surface area contributed by atoms with Gasteiger partial charge in [-0.05, 0) is 67.8 Å². The van der Waals surface area contributed by atoms with Crippen LogP contribution in [0, 0.1) is 20.8 Å². The van der Waals surface area contributed by atoms with E-state index in [4.69, 9.17) is 0 Å². The van der Waals surface area contributed by atoms with Crippen molar-refractivity contribution < 1.29 is 23.1 Å². The maximum absolute atomic E-state index is 13.3. The number of carbonyl (C=O) groups excluding carboxylic acids is 1. The van der Waals surface area contributed by atoms with Crippen molar-refractivity contribution in [3.63, 3.8) is 0 Å². The summed E-state index contributed by atoms with van der Waals surface area (Å²) in [5.41, 5.74) is 3.74. The predicted molar refractivity (Wildman–Crippen MR) is 130 cm³/mol. The Kier molecular flexibility index (Phi) is 5.93. The zero-order valence-electron chi connectivity index (χ0n) is 18.8. The van der Waals surface area contributed by atoms with Crippen molar-refractivity contribution in [3.05, 3.63) is 106 Å². The number of carboxylic acid groups (broad SMARTS) is 1. The largest absolute Gasteiger partial charge is 0.478 e. The summed E-state index contributed by atoms with van der Waals surface area (Å²) < 4.78 is 30.7. The van der Waals surface area contributed by atoms with Crippen molar-refractivity contribution in [2.45, 2.75) is 25.7 Å². The minimum Gasteiger partial charge on any atom is -0.478 e. The molecule has 3 aromatic rings. The number of rotatable bonds is 5. The third-order valence-corrected chi connectivity index (χ3v) is 7.08. The average molecular weight is 475 g/mol. The van der Waals surface area contributed by atoms with E-state index in [0.29, 0.717) is 22.4 Å². The number of hydrogen-bond donors (Lipinski definition) is 2. The quantitative estimate of drug-likeness (QED) is 0.555. The summed E-state index contributed by atoms with van der Waals surface area (Å²) in [7, 11) is -4.08. The van der Waals surface area contributed by atoms with E-state index in [0.717, 1.165) is 11.1 Å². The molecule has 34 heavy (non-hydrogen) atoms. The lowest BCUT2D eigenvalue weighted by atomic mass is 9.92. The van der Waals surface area contributed by atoms with E-state index >= 15 is 0 Å². The lowest BCUT2D eigenvalue weighted by Gasteiger charge is -2.19. The Morgan fingerprint density at radius 3 is 2.26 bits per heavy atom. The summed E-state index contributed by atoms with van der Waals surface area (Å²) in [6.07, 6.45) is 1.38. The first-order valence-corrected chi connectivity index (χ1v) is 11.9. The number of Topliss-reactive ketones (excluding diaryl/α,β-unsaturated/α-hetero) is 1. The van der Waals surface area contributed by atoms with Gasteiger partial charge in [0, 0.05) is 16.8 Å². The van der Waals surface area contributed by atoms with Crippen LogP contribution in [0.5, 0.6) is 0 Å². The molecule has 0 aromatic heterocycles. The molecule has 172 valence electrons. The van der Waals surface area contributed by atoms with Gasteiger partial charge in [-0.1, -0.05) is 36.4 Å². The van der Waals surface area contributed by atoms with Gasteiger partial charge >= 0.3 is 5.97 Å². The Hall–Kier alpha value is -4.04. The number of carbonyl (C=O) groups is 2. The second-order valence-electron chi connectivity index (χ2n) is 8.10. The topological polar surface area (TPSA) is 113 Å². The summed E-state index contributed by atoms with van der Waals surface area (Å²) in [5.74, 6) is -1.45. The number of aromatic carboxylic acids is 1. The van der Waals surface area contributed by atoms with Crippen molar-refractivity contribution in [1.29, 1.82) is 0 Å². The number of carboxylic acids is 1. The Morgan fingerprint density at radius 1 is 0.882 bits per heavy atom. The van der Waals surface area contributed by atoms with Crippen LogP contribution >= 0.6 is 0 Å². The van der Waals surface area contributed by atoms with E-state index in [2.05, 4.69) is 9.71 Å². The van der Waals surface area contributed by atoms with Crippen LogP contribution in [0.4, 0.5) is 5.69 Å². The van der Waals surface area contributed by atoms with E-state index in [1.54, 1.807) is 55.5 Å². The fourth-order valence-electron chi connectivity index (χ4n) is 3.77. The molecule has 0 amide bonds. The van der Waals surface area contributed by atoms with E-state index in [9.17, 15) is 23.1 Å². The summed E-state index contributed by atoms with van der Waals surface area (Å²) in [4.78, 5) is 24.5. The molecule has 2 N–H and O–H groups in total. The van der Waals surface area contributed by atoms with Crippen molar-refractivity contribution in [2.75, 3.05) is 5.32 Å². The number of benzene rings is 3. The smallest absolute Gasteiger partial charge is 0.335 e. The number of allylic oxidation sites excluding steroid dienone is 2. The number of hydrogen-bond acceptors (Lipinski definition) is 5. The van der Waals surface area contributed by atoms with Crippen LogP contribution in [0.2, 0.25) is 0 Å². The number of fused-ring (bicyclic) bond motifs is 1. The van der Waals surface area contributed by atoms with Gasteiger partial charge in [-0.25, -0.2) is 4.79 Å². The molecular weight excluding hydrogens is 452 g/mol. The molecule has 0 saturated carbocycles. The van der Waals surface area contributed by atoms with E-state index < -0.39 is 16.0 Å². The van der Waals surface area contributed by atoms with Gasteiger partial charge in [-0.3, -0.25) is 4.79 Å². The van der Waals surface area contributed by atoms with Gasteiger partial charge < -0.3 is 10.4 Å². The molecule has 0 atom stereocenters. The zero-order chi connectivity index (χ0) is 24.6. The van der Waals surface area contributed by atoms with Gasteiger partial charge in [0.2, 0.25) is 5.78 Å². The Morgan fingerprint density at radius 2 is 1.56 bits per heavy atom. The normalized spacial score (nSPS) is 14.5. The van der Waals surface area contributed by atoms with Gasteiger partial charge in [0.15, 0.2) is 0 Å². The Balaban J connectivity index is 1.83. The molecule has 0 fully saturated rings. The highest BCUT2D eigenvalue weighted by molar-refractivity contribution is 7.90. The monoisotopic (exact) mass is 474 g/mol. The van der Waals surface area contributed by atoms with Gasteiger partial charge in [0.05, 0.1) is 21.9 Å². The van der Waals surface area contributed by atoms with E-state index in [-0.39, 0.29) is 27.7 Å². The van der Waals surface area contributed by atoms with Crippen molar-refractivity contribution in [3.8, 4) is 0 Å². The van der Waals surface area contributed by atoms with Crippen LogP contribution in [0.3, 0.4) is 0 Å². The van der Waals surface area contributed by atoms with E-state index in [1.807, 2.05) is 13.8 Å². The molecule has 1 aliphatic carbocycles. The molecule has 3 aromatic carbocycles. The predicted octanol–water partition coefficient (Wildman–Crippen LogP) is 4.68. The fourth-order valence-corrected chi connectivity index (χ4v) is 5.07. The standard InChI is InChI=1S/C26H22N2O5S/c1-15-11-17(3)24(12-16(15)2)34(32,33)28-22-14-23(25(29)21-10-5-4-9-20(21)22)27-19-8-6-7-18(13-19)26(30)31/h4-14,27H,1-3H3,(H,30,31)/b28-22-. The highest BCUT2D eigenvalue weighted by atomic mass is 32.2. The number of sulfonamides is 1. The average Bonchev–Trinajstić information content (AvgIpc) is 2.79. The number of nitrogens with zero attached hydrogens (tertiary/aromatic N) is 1. The molecule has 0 bridgehead atoms. The van der Waals surface area contributed by atoms with Crippen LogP contribution in [0.15, 0.2) is 81.7 Å². The van der Waals surface area contributed by atoms with Crippen molar-refractivity contribution >= 4 is 33.2 Å². The van der Waals surface area contributed by atoms with Gasteiger partial charge in [0.25, 0.3) is 10.0 Å². The highest BCUT2D eigenvalue weighted by Crippen LogP contribution is 2.27. The zero-order valence-corrected chi connectivity index (χ0v) is 19.6. The molecular formula is C26H22N2O5S. The van der Waals surface area contributed by atoms with Crippen LogP contribution in [-0.2, 0) is 10.0 Å². The molecule has 4 rings (SSSR count). The third kappa shape index (κ3) is 4.40. The highest BCUT2D eigenvalue weighted by Gasteiger charge is 2.27. The Labute approximate surface area is 197 Å². The van der Waals surface area contributed by atoms with Crippen LogP contribution in [0.25, 0.3) is 0 Å². The lowest BCUT2D eigenvalue weighted by Crippen LogP contribution is -2.22. The molecule has 0 saturated heterocycles. The molecule has 8 heteroatoms. The Bertz CT molecular complexity index is 1520. The summed E-state index contributed by atoms with van der Waals surface area (Å²) in [6.45, 7) is 5.46. The molecule has 0 heterocycles. The summed E-state index contributed by atoms with van der Waals surface area (Å²) >= 11 is 0. The van der Waals surface area contributed by atoms with Gasteiger partial charge in [-0.15, -0.1) is 0 Å². The van der Waals surface area contributed by atoms with Crippen molar-refractivity contribution in [2.24, 2.45) is 4.40 Å². The van der Waals surface area contributed by atoms with Gasteiger partial charge in [-0.2, -0.15) is 12.8 Å². The fraction of sp³-hybridized carbons (Fsp3) is 0.115. The van der Waals surface area contributed by atoms with Crippen LogP contribution in [0.1, 0.15) is 43.0 Å². The number of anilines is 1. The first-order chi connectivity index (χ1) is 16.1. The molecule has 7 nitrogen and oxygen atoms in total. The second kappa shape index (κ2) is 8.72. The minimum absolute atomic E-state index is 0.0518. The number of aryl methyl sites for hydroxylation is 3. The van der Waals surface area contributed by atoms with Crippen molar-refractivity contribution in [1.82, 2.24) is 0 Å². The SMILES string of the molecule is Cc1cc(C)c(S(=O)(=O)/N=C2/C=C(Nc3cccc(C(=O)O)c3)C(=O)c3ccccc32)cc1C. The molecule has 0 aliphatic heterocycles. The molecule has 1 aliphatic rings. The maximum Gasteiger partial charge on any atom is 0.335 e. The summed E-state index contributed by atoms with van der Waals surface area (Å²) in [5, 5.41) is 12.2. The molecule has 0 radical (unpaired) electrons. The second-order valence-corrected chi connectivity index (χ2v) is 9.67. The minimum atomic E-state index is -4.08. The maximum atomic E-state index is 13.3. The van der Waals surface area contributed by atoms with Gasteiger partial charge in [0.1, 0.15) is 0 Å². The lowest BCUT2D eigenvalue weighted by molar-refractivity contribution is 0.0696. The van der Waals surface area contributed by atoms with E-state index in [1.165, 1.54) is 18.2 Å². The number of ketones is 1. The molecule has 0 unspecified atom stereocenters. The van der Waals surface area contributed by atoms with Crippen LogP contribution < -0.4 is 5.32 Å².